The van der Waals surface area contributed by atoms with Gasteiger partial charge < -0.3 is 16.0 Å². The number of nitrogens with two attached hydrogens (primary N) is 1. The summed E-state index contributed by atoms with van der Waals surface area (Å²) >= 11 is 0. The molecule has 0 atom stereocenters. The Balaban J connectivity index is 2.40. The lowest BCUT2D eigenvalue weighted by molar-refractivity contribution is 0.184. The first-order valence-electron chi connectivity index (χ1n) is 5.40. The highest BCUT2D eigenvalue weighted by molar-refractivity contribution is 5.79. The lowest BCUT2D eigenvalue weighted by Crippen LogP contribution is -2.45. The van der Waals surface area contributed by atoms with Gasteiger partial charge in [-0.05, 0) is 26.7 Å². The minimum Gasteiger partial charge on any atom is -0.388 e. The van der Waals surface area contributed by atoms with E-state index in [-0.39, 0.29) is 17.9 Å². The number of carbonyl (C=O) groups excluding carboxylic acids is 1. The van der Waals surface area contributed by atoms with Crippen LogP contribution in [-0.2, 0) is 0 Å². The lowest BCUT2D eigenvalue weighted by atomic mass is 10.3. The summed E-state index contributed by atoms with van der Waals surface area (Å²) in [5, 5.41) is 10.1. The fraction of sp³-hybridized carbons (Fsp3) is 0.800. The molecular formula is C10H20N4O. The van der Waals surface area contributed by atoms with Gasteiger partial charge >= 0.3 is 6.03 Å². The van der Waals surface area contributed by atoms with Crippen molar-refractivity contribution in [3.05, 3.63) is 0 Å². The Morgan fingerprint density at radius 1 is 1.60 bits per heavy atom. The van der Waals surface area contributed by atoms with Crippen LogP contribution in [0.15, 0.2) is 0 Å². The number of nitrogens with one attached hydrogen (secondary N) is 2. The zero-order chi connectivity index (χ0) is 11.4. The second kappa shape index (κ2) is 5.00. The van der Waals surface area contributed by atoms with E-state index in [2.05, 4.69) is 5.32 Å². The summed E-state index contributed by atoms with van der Waals surface area (Å²) in [4.78, 5) is 13.5. The van der Waals surface area contributed by atoms with Crippen molar-refractivity contribution < 1.29 is 4.79 Å². The molecule has 0 aromatic carbocycles. The molecule has 4 N–H and O–H groups in total. The van der Waals surface area contributed by atoms with Crippen LogP contribution in [0.5, 0.6) is 0 Å². The molecule has 1 aliphatic rings. The van der Waals surface area contributed by atoms with E-state index in [1.54, 1.807) is 4.90 Å². The molecular weight excluding hydrogens is 192 g/mol. The highest BCUT2D eigenvalue weighted by Crippen LogP contribution is 2.19. The second-order valence-electron chi connectivity index (χ2n) is 4.29. The zero-order valence-electron chi connectivity index (χ0n) is 9.42. The third-order valence-corrected chi connectivity index (χ3v) is 2.41. The Hall–Kier alpha value is -1.26. The van der Waals surface area contributed by atoms with Gasteiger partial charge in [-0.15, -0.1) is 0 Å². The molecule has 0 radical (unpaired) electrons. The van der Waals surface area contributed by atoms with E-state index >= 15 is 0 Å². The minimum absolute atomic E-state index is 0.0336. The maximum Gasteiger partial charge on any atom is 0.317 e. The van der Waals surface area contributed by atoms with Gasteiger partial charge in [0.15, 0.2) is 0 Å². The zero-order valence-corrected chi connectivity index (χ0v) is 9.42. The van der Waals surface area contributed by atoms with Gasteiger partial charge in [0.25, 0.3) is 0 Å². The molecule has 1 saturated carbocycles. The van der Waals surface area contributed by atoms with E-state index in [1.165, 1.54) is 0 Å². The number of urea groups is 1. The van der Waals surface area contributed by atoms with Crippen LogP contribution in [0.3, 0.4) is 0 Å². The monoisotopic (exact) mass is 212 g/mol. The van der Waals surface area contributed by atoms with Crippen molar-refractivity contribution >= 4 is 11.9 Å². The van der Waals surface area contributed by atoms with E-state index in [0.29, 0.717) is 19.0 Å². The first-order chi connectivity index (χ1) is 7.00. The molecule has 0 bridgehead atoms. The molecule has 15 heavy (non-hydrogen) atoms. The molecule has 0 aliphatic heterocycles. The Bertz CT molecular complexity index is 248. The first kappa shape index (κ1) is 11.8. The fourth-order valence-corrected chi connectivity index (χ4v) is 1.32. The molecule has 0 heterocycles. The molecule has 1 rings (SSSR count). The van der Waals surface area contributed by atoms with Crippen LogP contribution in [0, 0.1) is 5.41 Å². The van der Waals surface area contributed by atoms with Gasteiger partial charge in [0.2, 0.25) is 0 Å². The molecule has 5 heteroatoms. The average Bonchev–Trinajstić information content (AvgIpc) is 2.87. The molecule has 0 aromatic heterocycles. The third-order valence-electron chi connectivity index (χ3n) is 2.41. The maximum absolute atomic E-state index is 11.8. The van der Waals surface area contributed by atoms with E-state index in [4.69, 9.17) is 11.1 Å². The van der Waals surface area contributed by atoms with Crippen LogP contribution in [0.1, 0.15) is 33.1 Å². The van der Waals surface area contributed by atoms with Crippen LogP contribution in [0.25, 0.3) is 0 Å². The van der Waals surface area contributed by atoms with E-state index in [1.807, 2.05) is 13.8 Å². The van der Waals surface area contributed by atoms with Crippen LogP contribution >= 0.6 is 0 Å². The topological polar surface area (TPSA) is 82.2 Å². The third kappa shape index (κ3) is 4.18. The fourth-order valence-electron chi connectivity index (χ4n) is 1.32. The summed E-state index contributed by atoms with van der Waals surface area (Å²) < 4.78 is 0. The number of hydrogen-bond acceptors (Lipinski definition) is 2. The molecule has 0 spiro atoms. The minimum atomic E-state index is -0.0336. The number of hydrogen-bond donors (Lipinski definition) is 3. The van der Waals surface area contributed by atoms with Crippen molar-refractivity contribution in [2.24, 2.45) is 5.73 Å². The van der Waals surface area contributed by atoms with Gasteiger partial charge in [0.05, 0.1) is 5.84 Å². The summed E-state index contributed by atoms with van der Waals surface area (Å²) in [6, 6.07) is 0.480. The smallest absolute Gasteiger partial charge is 0.317 e. The molecule has 2 amide bonds. The van der Waals surface area contributed by atoms with Gasteiger partial charge in [0.1, 0.15) is 0 Å². The lowest BCUT2D eigenvalue weighted by Gasteiger charge is -2.26. The molecule has 1 fully saturated rings. The van der Waals surface area contributed by atoms with Crippen molar-refractivity contribution in [1.29, 1.82) is 5.41 Å². The Labute approximate surface area is 90.5 Å². The quantitative estimate of drug-likeness (QED) is 0.467. The van der Waals surface area contributed by atoms with Gasteiger partial charge in [-0.3, -0.25) is 5.41 Å². The van der Waals surface area contributed by atoms with Crippen molar-refractivity contribution in [2.45, 2.75) is 45.2 Å². The van der Waals surface area contributed by atoms with Gasteiger partial charge in [-0.2, -0.15) is 0 Å². The van der Waals surface area contributed by atoms with E-state index < -0.39 is 0 Å². The summed E-state index contributed by atoms with van der Waals surface area (Å²) in [6.45, 7) is 4.45. The average molecular weight is 212 g/mol. The van der Waals surface area contributed by atoms with Crippen LogP contribution in [0.2, 0.25) is 0 Å². The molecule has 1 aliphatic carbocycles. The Morgan fingerprint density at radius 3 is 2.60 bits per heavy atom. The molecule has 0 saturated heterocycles. The maximum atomic E-state index is 11.8. The first-order valence-corrected chi connectivity index (χ1v) is 5.40. The summed E-state index contributed by atoms with van der Waals surface area (Å²) in [5.41, 5.74) is 5.28. The van der Waals surface area contributed by atoms with Crippen molar-refractivity contribution in [1.82, 2.24) is 10.2 Å². The van der Waals surface area contributed by atoms with Gasteiger partial charge in [-0.25, -0.2) is 4.79 Å². The number of amides is 2. The van der Waals surface area contributed by atoms with Crippen molar-refractivity contribution in [2.75, 3.05) is 6.54 Å². The predicted octanol–water partition coefficient (Wildman–Crippen LogP) is 0.895. The molecule has 5 nitrogen and oxygen atoms in total. The van der Waals surface area contributed by atoms with Gasteiger partial charge in [-0.1, -0.05) is 0 Å². The Kier molecular flexibility index (Phi) is 3.94. The predicted molar refractivity (Wildman–Crippen MR) is 59.9 cm³/mol. The number of nitrogens with zero attached hydrogens (tertiary/aromatic N) is 1. The second-order valence-corrected chi connectivity index (χ2v) is 4.29. The normalized spacial score (nSPS) is 15.1. The molecule has 86 valence electrons. The van der Waals surface area contributed by atoms with E-state index in [9.17, 15) is 4.79 Å². The number of carbonyl (C=O) groups is 1. The van der Waals surface area contributed by atoms with E-state index in [0.717, 1.165) is 12.8 Å². The number of rotatable bonds is 5. The van der Waals surface area contributed by atoms with Crippen LogP contribution in [-0.4, -0.2) is 35.4 Å². The van der Waals surface area contributed by atoms with Crippen molar-refractivity contribution in [3.63, 3.8) is 0 Å². The molecule has 0 unspecified atom stereocenters. The SMILES string of the molecule is CC(C)N(CCC(=N)N)C(=O)NC1CC1. The number of amidine groups is 1. The highest BCUT2D eigenvalue weighted by atomic mass is 16.2. The van der Waals surface area contributed by atoms with Crippen molar-refractivity contribution in [3.8, 4) is 0 Å². The molecule has 0 aromatic rings. The largest absolute Gasteiger partial charge is 0.388 e. The summed E-state index contributed by atoms with van der Waals surface area (Å²) in [5.74, 6) is 0.125. The standard InChI is InChI=1S/C10H20N4O/c1-7(2)14(6-5-9(11)12)10(15)13-8-3-4-8/h7-8H,3-6H2,1-2H3,(H3,11,12)(H,13,15). The summed E-state index contributed by atoms with van der Waals surface area (Å²) in [6.07, 6.45) is 2.62. The van der Waals surface area contributed by atoms with Crippen LogP contribution in [0.4, 0.5) is 4.79 Å². The van der Waals surface area contributed by atoms with Gasteiger partial charge in [0, 0.05) is 25.0 Å². The highest BCUT2D eigenvalue weighted by Gasteiger charge is 2.26. The van der Waals surface area contributed by atoms with Crippen LogP contribution < -0.4 is 11.1 Å². The summed E-state index contributed by atoms with van der Waals surface area (Å²) in [7, 11) is 0. The Morgan fingerprint density at radius 2 is 2.20 bits per heavy atom.